The maximum atomic E-state index is 12.1. The van der Waals surface area contributed by atoms with Gasteiger partial charge in [0.2, 0.25) is 0 Å². The van der Waals surface area contributed by atoms with E-state index in [4.69, 9.17) is 0 Å². The molecule has 1 heterocycles. The molecule has 0 radical (unpaired) electrons. The second-order valence-corrected chi connectivity index (χ2v) is 9.43. The average molecular weight is 316 g/mol. The van der Waals surface area contributed by atoms with Gasteiger partial charge in [0.1, 0.15) is 0 Å². The van der Waals surface area contributed by atoms with Crippen LogP contribution in [-0.4, -0.2) is 81.0 Å². The predicted octanol–water partition coefficient (Wildman–Crippen LogP) is 0.165. The highest BCUT2D eigenvalue weighted by Crippen LogP contribution is 2.25. The van der Waals surface area contributed by atoms with E-state index in [-0.39, 0.29) is 5.75 Å². The van der Waals surface area contributed by atoms with E-state index in [0.717, 1.165) is 25.1 Å². The molecule has 6 nitrogen and oxygen atoms in total. The summed E-state index contributed by atoms with van der Waals surface area (Å²) in [5, 5.41) is 3.36. The fourth-order valence-electron chi connectivity index (χ4n) is 2.70. The summed E-state index contributed by atoms with van der Waals surface area (Å²) < 4.78 is 23.4. The number of nitrogens with one attached hydrogen (secondary N) is 1. The first-order valence-electron chi connectivity index (χ1n) is 7.65. The molecule has 21 heavy (non-hydrogen) atoms. The number of guanidine groups is 1. The van der Waals surface area contributed by atoms with Crippen molar-refractivity contribution in [3.8, 4) is 0 Å². The molecule has 7 heteroatoms. The molecule has 1 aliphatic carbocycles. The lowest BCUT2D eigenvalue weighted by molar-refractivity contribution is 0.320. The fraction of sp³-hybridized carbons (Fsp3) is 0.929. The zero-order chi connectivity index (χ0) is 15.7. The standard InChI is InChI=1S/C14H28N4O2S/c1-14(2)11-18(9-10-21(14,19)20)13(15-3)16-7-8-17(4)12-5-6-12/h12H,5-11H2,1-4H3,(H,15,16). The number of hydrogen-bond donors (Lipinski definition) is 1. The van der Waals surface area contributed by atoms with Gasteiger partial charge in [-0.15, -0.1) is 0 Å². The van der Waals surface area contributed by atoms with Crippen LogP contribution >= 0.6 is 0 Å². The molecule has 0 aromatic rings. The average Bonchev–Trinajstić information content (AvgIpc) is 3.22. The van der Waals surface area contributed by atoms with Gasteiger partial charge in [-0.05, 0) is 33.7 Å². The normalized spacial score (nSPS) is 25.2. The number of sulfone groups is 1. The number of hydrogen-bond acceptors (Lipinski definition) is 4. The Labute approximate surface area is 128 Å². The number of likely N-dealkylation sites (N-methyl/N-ethyl adjacent to an activating group) is 1. The Hall–Kier alpha value is -0.820. The zero-order valence-corrected chi connectivity index (χ0v) is 14.4. The van der Waals surface area contributed by atoms with Crippen molar-refractivity contribution in [2.75, 3.05) is 46.0 Å². The van der Waals surface area contributed by atoms with Crippen molar-refractivity contribution < 1.29 is 8.42 Å². The summed E-state index contributed by atoms with van der Waals surface area (Å²) in [6, 6.07) is 0.757. The maximum absolute atomic E-state index is 12.1. The van der Waals surface area contributed by atoms with Crippen LogP contribution in [0.15, 0.2) is 4.99 Å². The van der Waals surface area contributed by atoms with Crippen LogP contribution < -0.4 is 5.32 Å². The molecule has 0 unspecified atom stereocenters. The van der Waals surface area contributed by atoms with Gasteiger partial charge in [0.25, 0.3) is 0 Å². The van der Waals surface area contributed by atoms with Crippen LogP contribution in [0.1, 0.15) is 26.7 Å². The molecule has 2 aliphatic rings. The van der Waals surface area contributed by atoms with Gasteiger partial charge in [-0.2, -0.15) is 0 Å². The molecule has 1 saturated heterocycles. The van der Waals surface area contributed by atoms with Crippen LogP contribution in [0.4, 0.5) is 0 Å². The van der Waals surface area contributed by atoms with E-state index in [9.17, 15) is 8.42 Å². The predicted molar refractivity (Wildman–Crippen MR) is 86.5 cm³/mol. The molecule has 0 spiro atoms. The minimum absolute atomic E-state index is 0.197. The Kier molecular flexibility index (Phi) is 4.82. The van der Waals surface area contributed by atoms with Gasteiger partial charge in [-0.3, -0.25) is 4.99 Å². The largest absolute Gasteiger partial charge is 0.355 e. The number of nitrogens with zero attached hydrogens (tertiary/aromatic N) is 3. The molecule has 1 N–H and O–H groups in total. The Morgan fingerprint density at radius 2 is 2.10 bits per heavy atom. The lowest BCUT2D eigenvalue weighted by Gasteiger charge is -2.39. The third-order valence-electron chi connectivity index (χ3n) is 4.47. The van der Waals surface area contributed by atoms with Gasteiger partial charge in [0.05, 0.1) is 10.5 Å². The molecule has 0 aromatic heterocycles. The van der Waals surface area contributed by atoms with E-state index in [0.29, 0.717) is 13.1 Å². The maximum Gasteiger partial charge on any atom is 0.193 e. The lowest BCUT2D eigenvalue weighted by atomic mass is 10.2. The van der Waals surface area contributed by atoms with Crippen molar-refractivity contribution in [3.05, 3.63) is 0 Å². The second-order valence-electron chi connectivity index (χ2n) is 6.69. The third-order valence-corrected chi connectivity index (χ3v) is 7.01. The first kappa shape index (κ1) is 16.5. The highest BCUT2D eigenvalue weighted by Gasteiger charge is 2.40. The minimum Gasteiger partial charge on any atom is -0.355 e. The van der Waals surface area contributed by atoms with E-state index >= 15 is 0 Å². The van der Waals surface area contributed by atoms with Crippen molar-refractivity contribution in [3.63, 3.8) is 0 Å². The lowest BCUT2D eigenvalue weighted by Crippen LogP contribution is -2.57. The van der Waals surface area contributed by atoms with E-state index in [1.807, 2.05) is 0 Å². The Balaban J connectivity index is 1.86. The summed E-state index contributed by atoms with van der Waals surface area (Å²) in [7, 11) is 0.899. The van der Waals surface area contributed by atoms with Crippen LogP contribution in [0.5, 0.6) is 0 Å². The van der Waals surface area contributed by atoms with E-state index in [1.54, 1.807) is 20.9 Å². The minimum atomic E-state index is -3.01. The quantitative estimate of drug-likeness (QED) is 0.591. The van der Waals surface area contributed by atoms with Gasteiger partial charge >= 0.3 is 0 Å². The van der Waals surface area contributed by atoms with Crippen LogP contribution in [0, 0.1) is 0 Å². The first-order valence-corrected chi connectivity index (χ1v) is 9.30. The molecular formula is C14H28N4O2S. The Morgan fingerprint density at radius 1 is 1.43 bits per heavy atom. The van der Waals surface area contributed by atoms with Crippen molar-refractivity contribution in [2.45, 2.75) is 37.5 Å². The van der Waals surface area contributed by atoms with Crippen molar-refractivity contribution in [2.24, 2.45) is 4.99 Å². The summed E-state index contributed by atoms with van der Waals surface area (Å²) in [5.41, 5.74) is 0. The van der Waals surface area contributed by atoms with Crippen LogP contribution in [0.2, 0.25) is 0 Å². The van der Waals surface area contributed by atoms with Gasteiger partial charge in [0, 0.05) is 39.3 Å². The summed E-state index contributed by atoms with van der Waals surface area (Å²) in [6.07, 6.45) is 2.62. The molecule has 2 fully saturated rings. The molecule has 0 atom stereocenters. The third kappa shape index (κ3) is 3.88. The molecule has 2 rings (SSSR count). The monoisotopic (exact) mass is 316 g/mol. The van der Waals surface area contributed by atoms with Crippen LogP contribution in [0.25, 0.3) is 0 Å². The molecular weight excluding hydrogens is 288 g/mol. The molecule has 122 valence electrons. The van der Waals surface area contributed by atoms with Crippen molar-refractivity contribution >= 4 is 15.8 Å². The number of rotatable bonds is 4. The van der Waals surface area contributed by atoms with Gasteiger partial charge in [-0.1, -0.05) is 0 Å². The van der Waals surface area contributed by atoms with Crippen LogP contribution in [-0.2, 0) is 9.84 Å². The highest BCUT2D eigenvalue weighted by molar-refractivity contribution is 7.92. The van der Waals surface area contributed by atoms with Gasteiger partial charge in [0.15, 0.2) is 15.8 Å². The Morgan fingerprint density at radius 3 is 2.62 bits per heavy atom. The second kappa shape index (κ2) is 6.12. The van der Waals surface area contributed by atoms with E-state index in [2.05, 4.69) is 27.2 Å². The van der Waals surface area contributed by atoms with Crippen LogP contribution in [0.3, 0.4) is 0 Å². The molecule has 0 bridgehead atoms. The molecule has 0 aromatic carbocycles. The summed E-state index contributed by atoms with van der Waals surface area (Å²) in [5.74, 6) is 1.00. The van der Waals surface area contributed by atoms with E-state index in [1.165, 1.54) is 12.8 Å². The smallest absolute Gasteiger partial charge is 0.193 e. The number of aliphatic imine (C=N–C) groups is 1. The van der Waals surface area contributed by atoms with E-state index < -0.39 is 14.6 Å². The topological polar surface area (TPSA) is 65.0 Å². The molecule has 0 amide bonds. The van der Waals surface area contributed by atoms with Gasteiger partial charge in [-0.25, -0.2) is 8.42 Å². The highest BCUT2D eigenvalue weighted by atomic mass is 32.2. The molecule has 1 aliphatic heterocycles. The first-order chi connectivity index (χ1) is 9.77. The Bertz CT molecular complexity index is 497. The summed E-state index contributed by atoms with van der Waals surface area (Å²) in [6.45, 7) is 6.42. The van der Waals surface area contributed by atoms with Crippen molar-refractivity contribution in [1.29, 1.82) is 0 Å². The van der Waals surface area contributed by atoms with Gasteiger partial charge < -0.3 is 15.1 Å². The zero-order valence-electron chi connectivity index (χ0n) is 13.6. The summed E-state index contributed by atoms with van der Waals surface area (Å²) >= 11 is 0. The van der Waals surface area contributed by atoms with Crippen molar-refractivity contribution in [1.82, 2.24) is 15.1 Å². The molecule has 1 saturated carbocycles. The summed E-state index contributed by atoms with van der Waals surface area (Å²) in [4.78, 5) is 8.72. The fourth-order valence-corrected chi connectivity index (χ4v) is 4.06. The SMILES string of the molecule is CN=C(NCCN(C)C1CC1)N1CCS(=O)(=O)C(C)(C)C1.